The summed E-state index contributed by atoms with van der Waals surface area (Å²) in [4.78, 5) is 22.8. The van der Waals surface area contributed by atoms with E-state index in [0.29, 0.717) is 24.3 Å². The van der Waals surface area contributed by atoms with Crippen molar-refractivity contribution in [2.75, 3.05) is 12.8 Å². The number of hydrogen-bond donors (Lipinski definition) is 2. The van der Waals surface area contributed by atoms with E-state index in [0.717, 1.165) is 0 Å². The highest BCUT2D eigenvalue weighted by atomic mass is 32.2. The Morgan fingerprint density at radius 1 is 1.55 bits per heavy atom. The van der Waals surface area contributed by atoms with Gasteiger partial charge in [0.15, 0.2) is 0 Å². The summed E-state index contributed by atoms with van der Waals surface area (Å²) in [6.07, 6.45) is 2.40. The number of rotatable bonds is 7. The number of nitro benzene ring substituents is 1. The van der Waals surface area contributed by atoms with E-state index in [2.05, 4.69) is 5.32 Å². The minimum Gasteiger partial charge on any atom is -0.393 e. The van der Waals surface area contributed by atoms with Gasteiger partial charge in [-0.25, -0.2) is 0 Å². The molecule has 0 radical (unpaired) electrons. The fourth-order valence-corrected chi connectivity index (χ4v) is 2.18. The van der Waals surface area contributed by atoms with Gasteiger partial charge in [0.25, 0.3) is 11.6 Å². The van der Waals surface area contributed by atoms with Crippen LogP contribution >= 0.6 is 11.8 Å². The average Bonchev–Trinajstić information content (AvgIpc) is 2.45. The first-order chi connectivity index (χ1) is 9.49. The predicted molar refractivity (Wildman–Crippen MR) is 78.1 cm³/mol. The van der Waals surface area contributed by atoms with Crippen LogP contribution in [0.4, 0.5) is 5.69 Å². The van der Waals surface area contributed by atoms with Gasteiger partial charge in [-0.15, -0.1) is 11.8 Å². The highest BCUT2D eigenvalue weighted by molar-refractivity contribution is 7.98. The number of aliphatic hydroxyl groups is 1. The van der Waals surface area contributed by atoms with Gasteiger partial charge in [0.1, 0.15) is 0 Å². The molecule has 0 fully saturated rings. The lowest BCUT2D eigenvalue weighted by Gasteiger charge is -2.09. The Morgan fingerprint density at radius 3 is 2.80 bits per heavy atom. The number of benzene rings is 1. The van der Waals surface area contributed by atoms with Gasteiger partial charge >= 0.3 is 0 Å². The maximum Gasteiger partial charge on any atom is 0.283 e. The van der Waals surface area contributed by atoms with Crippen molar-refractivity contribution in [2.24, 2.45) is 0 Å². The Morgan fingerprint density at radius 2 is 2.25 bits per heavy atom. The second-order valence-electron chi connectivity index (χ2n) is 4.25. The van der Waals surface area contributed by atoms with Crippen molar-refractivity contribution in [3.8, 4) is 0 Å². The third kappa shape index (κ3) is 4.50. The topological polar surface area (TPSA) is 92.5 Å². The second kappa shape index (κ2) is 7.86. The maximum absolute atomic E-state index is 11.9. The molecule has 1 unspecified atom stereocenters. The van der Waals surface area contributed by atoms with Gasteiger partial charge in [0, 0.05) is 18.2 Å². The van der Waals surface area contributed by atoms with Crippen molar-refractivity contribution in [3.63, 3.8) is 0 Å². The summed E-state index contributed by atoms with van der Waals surface area (Å²) < 4.78 is 0. The highest BCUT2D eigenvalue weighted by Crippen LogP contribution is 2.28. The van der Waals surface area contributed by atoms with Crippen LogP contribution in [0.5, 0.6) is 0 Å². The number of nitrogens with zero attached hydrogens (tertiary/aromatic N) is 1. The summed E-state index contributed by atoms with van der Waals surface area (Å²) in [6, 6.07) is 4.40. The third-order valence-corrected chi connectivity index (χ3v) is 3.66. The van der Waals surface area contributed by atoms with Crippen LogP contribution in [0, 0.1) is 10.1 Å². The molecule has 20 heavy (non-hydrogen) atoms. The van der Waals surface area contributed by atoms with Crippen LogP contribution in [0.3, 0.4) is 0 Å². The predicted octanol–water partition coefficient (Wildman–Crippen LogP) is 2.21. The maximum atomic E-state index is 11.9. The molecule has 7 heteroatoms. The van der Waals surface area contributed by atoms with Crippen molar-refractivity contribution in [2.45, 2.75) is 30.8 Å². The lowest BCUT2D eigenvalue weighted by atomic mass is 10.1. The smallest absolute Gasteiger partial charge is 0.283 e. The molecule has 2 N–H and O–H groups in total. The molecular formula is C13H18N2O4S. The summed E-state index contributed by atoms with van der Waals surface area (Å²) in [5.74, 6) is -0.371. The van der Waals surface area contributed by atoms with Crippen molar-refractivity contribution in [1.82, 2.24) is 5.32 Å². The van der Waals surface area contributed by atoms with Crippen LogP contribution in [0.25, 0.3) is 0 Å². The van der Waals surface area contributed by atoms with Gasteiger partial charge in [0.2, 0.25) is 0 Å². The Labute approximate surface area is 121 Å². The van der Waals surface area contributed by atoms with E-state index in [4.69, 9.17) is 0 Å². The molecule has 0 aliphatic heterocycles. The SMILES string of the molecule is CCC(O)CCNC(=O)c1ccc(SC)c([N+](=O)[O-])c1. The zero-order chi connectivity index (χ0) is 15.1. The number of carbonyl (C=O) groups is 1. The van der Waals surface area contributed by atoms with Crippen molar-refractivity contribution < 1.29 is 14.8 Å². The lowest BCUT2D eigenvalue weighted by molar-refractivity contribution is -0.387. The minimum atomic E-state index is -0.497. The standard InChI is InChI=1S/C13H18N2O4S/c1-3-10(16)6-7-14-13(17)9-4-5-12(20-2)11(8-9)15(18)19/h4-5,8,10,16H,3,6-7H2,1-2H3,(H,14,17). The summed E-state index contributed by atoms with van der Waals surface area (Å²) in [7, 11) is 0. The molecule has 0 aromatic heterocycles. The van der Waals surface area contributed by atoms with Crippen LogP contribution in [0.15, 0.2) is 23.1 Å². The van der Waals surface area contributed by atoms with Gasteiger partial charge < -0.3 is 10.4 Å². The second-order valence-corrected chi connectivity index (χ2v) is 5.10. The Bertz CT molecular complexity index is 493. The molecular weight excluding hydrogens is 280 g/mol. The van der Waals surface area contributed by atoms with E-state index >= 15 is 0 Å². The Balaban J connectivity index is 2.74. The van der Waals surface area contributed by atoms with Crippen molar-refractivity contribution in [1.29, 1.82) is 0 Å². The molecule has 0 heterocycles. The van der Waals surface area contributed by atoms with E-state index in [9.17, 15) is 20.0 Å². The van der Waals surface area contributed by atoms with E-state index in [1.165, 1.54) is 17.8 Å². The number of hydrogen-bond acceptors (Lipinski definition) is 5. The van der Waals surface area contributed by atoms with Crippen LogP contribution in [-0.2, 0) is 0 Å². The Hall–Kier alpha value is -1.60. The molecule has 1 amide bonds. The van der Waals surface area contributed by atoms with Crippen LogP contribution in [0.1, 0.15) is 30.1 Å². The van der Waals surface area contributed by atoms with E-state index in [1.54, 1.807) is 18.4 Å². The van der Waals surface area contributed by atoms with Gasteiger partial charge in [-0.1, -0.05) is 6.92 Å². The first-order valence-electron chi connectivity index (χ1n) is 6.28. The van der Waals surface area contributed by atoms with Crippen molar-refractivity contribution in [3.05, 3.63) is 33.9 Å². The van der Waals surface area contributed by atoms with Crippen molar-refractivity contribution >= 4 is 23.4 Å². The minimum absolute atomic E-state index is 0.0706. The van der Waals surface area contributed by atoms with Crippen LogP contribution in [0.2, 0.25) is 0 Å². The molecule has 0 aliphatic rings. The first kappa shape index (κ1) is 16.5. The van der Waals surface area contributed by atoms with Gasteiger partial charge in [-0.3, -0.25) is 14.9 Å². The zero-order valence-electron chi connectivity index (χ0n) is 11.5. The Kier molecular flexibility index (Phi) is 6.47. The molecule has 1 aromatic rings. The molecule has 0 bridgehead atoms. The van der Waals surface area contributed by atoms with Gasteiger partial charge in [-0.05, 0) is 31.2 Å². The monoisotopic (exact) mass is 298 g/mol. The van der Waals surface area contributed by atoms with E-state index in [-0.39, 0.29) is 17.2 Å². The molecule has 0 saturated carbocycles. The molecule has 6 nitrogen and oxygen atoms in total. The molecule has 1 atom stereocenters. The van der Waals surface area contributed by atoms with Crippen LogP contribution < -0.4 is 5.32 Å². The number of carbonyl (C=O) groups excluding carboxylic acids is 1. The fourth-order valence-electron chi connectivity index (χ4n) is 1.63. The molecule has 0 spiro atoms. The number of aliphatic hydroxyl groups excluding tert-OH is 1. The quantitative estimate of drug-likeness (QED) is 0.457. The third-order valence-electron chi connectivity index (χ3n) is 2.87. The molecule has 0 aliphatic carbocycles. The number of thioether (sulfide) groups is 1. The zero-order valence-corrected chi connectivity index (χ0v) is 12.3. The molecule has 0 saturated heterocycles. The summed E-state index contributed by atoms with van der Waals surface area (Å²) in [6.45, 7) is 2.20. The molecule has 1 aromatic carbocycles. The van der Waals surface area contributed by atoms with E-state index < -0.39 is 11.0 Å². The average molecular weight is 298 g/mol. The first-order valence-corrected chi connectivity index (χ1v) is 7.50. The number of amides is 1. The fraction of sp³-hybridized carbons (Fsp3) is 0.462. The lowest BCUT2D eigenvalue weighted by Crippen LogP contribution is -2.27. The van der Waals surface area contributed by atoms with Gasteiger partial charge in [0.05, 0.1) is 15.9 Å². The van der Waals surface area contributed by atoms with Crippen LogP contribution in [-0.4, -0.2) is 34.8 Å². The summed E-state index contributed by atoms with van der Waals surface area (Å²) in [5.41, 5.74) is 0.180. The molecule has 1 rings (SSSR count). The normalized spacial score (nSPS) is 11.9. The summed E-state index contributed by atoms with van der Waals surface area (Å²) in [5, 5.41) is 22.9. The highest BCUT2D eigenvalue weighted by Gasteiger charge is 2.16. The van der Waals surface area contributed by atoms with Gasteiger partial charge in [-0.2, -0.15) is 0 Å². The molecule has 110 valence electrons. The van der Waals surface area contributed by atoms with E-state index in [1.807, 2.05) is 6.92 Å². The largest absolute Gasteiger partial charge is 0.393 e. The number of nitro groups is 1. The number of nitrogens with one attached hydrogen (secondary N) is 1. The summed E-state index contributed by atoms with van der Waals surface area (Å²) >= 11 is 1.26.